The van der Waals surface area contributed by atoms with E-state index in [4.69, 9.17) is 0 Å². The van der Waals surface area contributed by atoms with Gasteiger partial charge < -0.3 is 10.2 Å². The van der Waals surface area contributed by atoms with Gasteiger partial charge in [-0.15, -0.1) is 0 Å². The molecule has 0 saturated carbocycles. The standard InChI is InChI=1S/C17H26N4O2/c1-10(2)16-18-8-14(12(5)19-16)17(23)21(11(3)4)9-13-6-7-15(22)20-13/h8,10-11,13H,6-7,9H2,1-5H3,(H,20,22)/t13-/m1/s1. The molecule has 1 aromatic rings. The Morgan fingerprint density at radius 1 is 1.39 bits per heavy atom. The first-order valence-electron chi connectivity index (χ1n) is 8.23. The average molecular weight is 318 g/mol. The highest BCUT2D eigenvalue weighted by Gasteiger charge is 2.28. The van der Waals surface area contributed by atoms with Gasteiger partial charge in [0.05, 0.1) is 11.3 Å². The Kier molecular flexibility index (Phi) is 5.34. The van der Waals surface area contributed by atoms with Gasteiger partial charge in [-0.05, 0) is 27.2 Å². The van der Waals surface area contributed by atoms with Crippen LogP contribution < -0.4 is 5.32 Å². The fraction of sp³-hybridized carbons (Fsp3) is 0.647. The lowest BCUT2D eigenvalue weighted by Gasteiger charge is -2.29. The molecule has 2 amide bonds. The number of rotatable bonds is 5. The Morgan fingerprint density at radius 3 is 2.57 bits per heavy atom. The number of hydrogen-bond acceptors (Lipinski definition) is 4. The summed E-state index contributed by atoms with van der Waals surface area (Å²) in [6.07, 6.45) is 2.94. The van der Waals surface area contributed by atoms with Gasteiger partial charge in [0.1, 0.15) is 5.82 Å². The molecule has 2 heterocycles. The van der Waals surface area contributed by atoms with Crippen molar-refractivity contribution in [1.82, 2.24) is 20.2 Å². The van der Waals surface area contributed by atoms with Gasteiger partial charge in [-0.2, -0.15) is 0 Å². The third kappa shape index (κ3) is 4.06. The van der Waals surface area contributed by atoms with E-state index in [1.807, 2.05) is 34.6 Å². The lowest BCUT2D eigenvalue weighted by atomic mass is 10.1. The van der Waals surface area contributed by atoms with E-state index in [9.17, 15) is 9.59 Å². The molecule has 1 aliphatic heterocycles. The molecule has 0 spiro atoms. The normalized spacial score (nSPS) is 17.7. The Hall–Kier alpha value is -1.98. The van der Waals surface area contributed by atoms with E-state index < -0.39 is 0 Å². The zero-order chi connectivity index (χ0) is 17.1. The van der Waals surface area contributed by atoms with Crippen LogP contribution in [0.25, 0.3) is 0 Å². The van der Waals surface area contributed by atoms with Crippen LogP contribution in [0.3, 0.4) is 0 Å². The number of nitrogens with zero attached hydrogens (tertiary/aromatic N) is 3. The Labute approximate surface area is 137 Å². The maximum Gasteiger partial charge on any atom is 0.257 e. The van der Waals surface area contributed by atoms with Gasteiger partial charge >= 0.3 is 0 Å². The highest BCUT2D eigenvalue weighted by molar-refractivity contribution is 5.95. The van der Waals surface area contributed by atoms with Crippen molar-refractivity contribution in [3.8, 4) is 0 Å². The van der Waals surface area contributed by atoms with Crippen molar-refractivity contribution in [3.63, 3.8) is 0 Å². The number of nitrogens with one attached hydrogen (secondary N) is 1. The lowest BCUT2D eigenvalue weighted by Crippen LogP contribution is -2.45. The number of aryl methyl sites for hydroxylation is 1. The summed E-state index contributed by atoms with van der Waals surface area (Å²) in [6, 6.07) is 0.0780. The van der Waals surface area contributed by atoms with Crippen molar-refractivity contribution >= 4 is 11.8 Å². The first-order valence-corrected chi connectivity index (χ1v) is 8.23. The summed E-state index contributed by atoms with van der Waals surface area (Å²) in [7, 11) is 0. The van der Waals surface area contributed by atoms with Crippen LogP contribution in [0.4, 0.5) is 0 Å². The Balaban J connectivity index is 2.19. The average Bonchev–Trinajstić information content (AvgIpc) is 2.89. The van der Waals surface area contributed by atoms with E-state index in [1.54, 1.807) is 11.1 Å². The van der Waals surface area contributed by atoms with Crippen molar-refractivity contribution in [1.29, 1.82) is 0 Å². The van der Waals surface area contributed by atoms with E-state index in [0.29, 0.717) is 24.2 Å². The number of amides is 2. The summed E-state index contributed by atoms with van der Waals surface area (Å²) in [4.78, 5) is 34.8. The predicted octanol–water partition coefficient (Wildman–Crippen LogP) is 2.04. The van der Waals surface area contributed by atoms with Crippen molar-refractivity contribution in [2.75, 3.05) is 6.54 Å². The summed E-state index contributed by atoms with van der Waals surface area (Å²) in [6.45, 7) is 10.4. The first kappa shape index (κ1) is 17.4. The fourth-order valence-corrected chi connectivity index (χ4v) is 2.71. The second-order valence-electron chi connectivity index (χ2n) is 6.74. The highest BCUT2D eigenvalue weighted by atomic mass is 16.2. The van der Waals surface area contributed by atoms with E-state index in [-0.39, 0.29) is 29.8 Å². The number of hydrogen-bond donors (Lipinski definition) is 1. The second-order valence-corrected chi connectivity index (χ2v) is 6.74. The van der Waals surface area contributed by atoms with Gasteiger partial charge in [-0.1, -0.05) is 13.8 Å². The molecule has 0 bridgehead atoms. The fourth-order valence-electron chi connectivity index (χ4n) is 2.71. The van der Waals surface area contributed by atoms with Gasteiger partial charge in [-0.3, -0.25) is 9.59 Å². The number of carbonyl (C=O) groups is 2. The minimum absolute atomic E-state index is 0.0324. The molecule has 23 heavy (non-hydrogen) atoms. The minimum atomic E-state index is -0.0750. The molecule has 0 aliphatic carbocycles. The molecule has 126 valence electrons. The van der Waals surface area contributed by atoms with Crippen LogP contribution in [-0.4, -0.2) is 45.3 Å². The molecular formula is C17H26N4O2. The molecule has 1 N–H and O–H groups in total. The topological polar surface area (TPSA) is 75.2 Å². The zero-order valence-corrected chi connectivity index (χ0v) is 14.6. The van der Waals surface area contributed by atoms with Gasteiger partial charge in [0.2, 0.25) is 5.91 Å². The van der Waals surface area contributed by atoms with E-state index in [2.05, 4.69) is 15.3 Å². The van der Waals surface area contributed by atoms with Crippen molar-refractivity contribution in [2.45, 2.75) is 65.5 Å². The molecule has 1 aromatic heterocycles. The smallest absolute Gasteiger partial charge is 0.257 e. The van der Waals surface area contributed by atoms with E-state index in [0.717, 1.165) is 12.2 Å². The van der Waals surface area contributed by atoms with Crippen LogP contribution >= 0.6 is 0 Å². The molecule has 1 aliphatic rings. The van der Waals surface area contributed by atoms with Crippen LogP contribution in [0.5, 0.6) is 0 Å². The maximum atomic E-state index is 12.9. The van der Waals surface area contributed by atoms with Gasteiger partial charge in [-0.25, -0.2) is 9.97 Å². The molecule has 0 radical (unpaired) electrons. The summed E-state index contributed by atoms with van der Waals surface area (Å²) in [5, 5.41) is 2.92. The van der Waals surface area contributed by atoms with Gasteiger partial charge in [0, 0.05) is 37.2 Å². The molecule has 1 atom stereocenters. The summed E-state index contributed by atoms with van der Waals surface area (Å²) in [5.74, 6) is 0.965. The lowest BCUT2D eigenvalue weighted by molar-refractivity contribution is -0.119. The highest BCUT2D eigenvalue weighted by Crippen LogP contribution is 2.17. The number of aromatic nitrogens is 2. The first-order chi connectivity index (χ1) is 10.8. The maximum absolute atomic E-state index is 12.9. The van der Waals surface area contributed by atoms with Gasteiger partial charge in [0.25, 0.3) is 5.91 Å². The largest absolute Gasteiger partial charge is 0.352 e. The quantitative estimate of drug-likeness (QED) is 0.901. The molecule has 6 nitrogen and oxygen atoms in total. The minimum Gasteiger partial charge on any atom is -0.352 e. The molecule has 0 aromatic carbocycles. The van der Waals surface area contributed by atoms with Crippen LogP contribution in [0.2, 0.25) is 0 Å². The van der Waals surface area contributed by atoms with Crippen LogP contribution in [0, 0.1) is 6.92 Å². The molecule has 0 unspecified atom stereocenters. The van der Waals surface area contributed by atoms with Crippen molar-refractivity contribution in [2.24, 2.45) is 0 Å². The Morgan fingerprint density at radius 2 is 2.09 bits per heavy atom. The van der Waals surface area contributed by atoms with E-state index >= 15 is 0 Å². The van der Waals surface area contributed by atoms with Crippen LogP contribution in [0.1, 0.15) is 68.3 Å². The predicted molar refractivity (Wildman–Crippen MR) is 88.2 cm³/mol. The molecule has 1 saturated heterocycles. The summed E-state index contributed by atoms with van der Waals surface area (Å²) in [5.41, 5.74) is 1.24. The third-order valence-corrected chi connectivity index (χ3v) is 4.13. The van der Waals surface area contributed by atoms with Crippen molar-refractivity contribution < 1.29 is 9.59 Å². The SMILES string of the molecule is Cc1nc(C(C)C)ncc1C(=O)N(C[C@H]1CCC(=O)N1)C(C)C. The van der Waals surface area contributed by atoms with Crippen LogP contribution in [-0.2, 0) is 4.79 Å². The molecule has 6 heteroatoms. The van der Waals surface area contributed by atoms with Gasteiger partial charge in [0.15, 0.2) is 0 Å². The number of carbonyl (C=O) groups excluding carboxylic acids is 2. The Bertz CT molecular complexity index is 598. The third-order valence-electron chi connectivity index (χ3n) is 4.13. The molecule has 2 rings (SSSR count). The molecular weight excluding hydrogens is 292 g/mol. The zero-order valence-electron chi connectivity index (χ0n) is 14.6. The van der Waals surface area contributed by atoms with E-state index in [1.165, 1.54) is 0 Å². The van der Waals surface area contributed by atoms with Crippen LogP contribution in [0.15, 0.2) is 6.20 Å². The van der Waals surface area contributed by atoms with Crippen molar-refractivity contribution in [3.05, 3.63) is 23.3 Å². The second kappa shape index (κ2) is 7.06. The summed E-state index contributed by atoms with van der Waals surface area (Å²) >= 11 is 0. The molecule has 1 fully saturated rings. The summed E-state index contributed by atoms with van der Waals surface area (Å²) < 4.78 is 0. The monoisotopic (exact) mass is 318 g/mol.